The molecule has 2 aliphatic rings. The Hall–Kier alpha value is -7.00. The van der Waals surface area contributed by atoms with E-state index in [9.17, 15) is 0 Å². The van der Waals surface area contributed by atoms with Gasteiger partial charge in [-0.3, -0.25) is 0 Å². The number of hydrogen-bond acceptors (Lipinski definition) is 1. The van der Waals surface area contributed by atoms with Crippen LogP contribution in [0.1, 0.15) is 68.9 Å². The van der Waals surface area contributed by atoms with Gasteiger partial charge in [0.2, 0.25) is 0 Å². The monoisotopic (exact) mass is 855 g/mol. The second kappa shape index (κ2) is 19.4. The van der Waals surface area contributed by atoms with E-state index in [1.165, 1.54) is 91.8 Å². The zero-order valence-corrected chi connectivity index (χ0v) is 38.4. The summed E-state index contributed by atoms with van der Waals surface area (Å²) < 4.78 is 0. The van der Waals surface area contributed by atoms with E-state index in [1.54, 1.807) is 11.1 Å². The highest BCUT2D eigenvalue weighted by Gasteiger charge is 2.41. The van der Waals surface area contributed by atoms with Gasteiger partial charge in [-0.25, -0.2) is 0 Å². The van der Waals surface area contributed by atoms with Crippen LogP contribution in [-0.2, 0) is 0 Å². The minimum Gasteiger partial charge on any atom is -0.311 e. The Bertz CT molecular complexity index is 2800. The minimum atomic E-state index is -2.69. The van der Waals surface area contributed by atoms with Gasteiger partial charge in [0.15, 0.2) is 8.07 Å². The molecule has 0 radical (unpaired) electrons. The smallest absolute Gasteiger partial charge is 0.179 e. The third-order valence-corrected chi connectivity index (χ3v) is 18.6. The lowest BCUT2D eigenvalue weighted by Crippen LogP contribution is -2.74. The van der Waals surface area contributed by atoms with Crippen molar-refractivity contribution in [1.29, 1.82) is 0 Å². The number of fused-ring (bicyclic) bond motifs is 1. The van der Waals surface area contributed by atoms with E-state index in [1.807, 2.05) is 0 Å². The first kappa shape index (κ1) is 42.0. The highest BCUT2D eigenvalue weighted by molar-refractivity contribution is 7.19. The van der Waals surface area contributed by atoms with Crippen molar-refractivity contribution in [1.82, 2.24) is 0 Å². The summed E-state index contributed by atoms with van der Waals surface area (Å²) >= 11 is 0. The maximum Gasteiger partial charge on any atom is 0.179 e. The molecule has 1 fully saturated rings. The molecule has 318 valence electrons. The summed E-state index contributed by atoms with van der Waals surface area (Å²) in [6.45, 7) is 4.83. The van der Waals surface area contributed by atoms with E-state index in [4.69, 9.17) is 6.58 Å². The van der Waals surface area contributed by atoms with Crippen LogP contribution >= 0.6 is 0 Å². The topological polar surface area (TPSA) is 3.24 Å². The van der Waals surface area contributed by atoms with Crippen LogP contribution in [-0.4, -0.2) is 8.07 Å². The maximum absolute atomic E-state index is 4.83. The Morgan fingerprint density at radius 3 is 1.15 bits per heavy atom. The highest BCUT2D eigenvalue weighted by Crippen LogP contribution is 2.45. The van der Waals surface area contributed by atoms with E-state index in [0.717, 1.165) is 42.7 Å². The molecule has 2 heteroatoms. The van der Waals surface area contributed by atoms with Crippen molar-refractivity contribution in [3.63, 3.8) is 0 Å². The Balaban J connectivity index is 1.10. The van der Waals surface area contributed by atoms with E-state index in [2.05, 4.69) is 229 Å². The van der Waals surface area contributed by atoms with Crippen LogP contribution in [0, 0.1) is 0 Å². The summed E-state index contributed by atoms with van der Waals surface area (Å²) in [5, 5.41) is 5.48. The zero-order chi connectivity index (χ0) is 43.8. The van der Waals surface area contributed by atoms with Crippen LogP contribution in [0.15, 0.2) is 248 Å². The lowest BCUT2D eigenvalue weighted by Gasteiger charge is -2.35. The van der Waals surface area contributed by atoms with Crippen LogP contribution in [0.2, 0.25) is 0 Å². The fraction of sp³-hybridized carbons (Fsp3) is 0.143. The Morgan fingerprint density at radius 2 is 0.646 bits per heavy atom. The molecule has 0 heterocycles. The normalized spacial score (nSPS) is 17.0. The first-order valence-electron chi connectivity index (χ1n) is 23.7. The fourth-order valence-corrected chi connectivity index (χ4v) is 15.5. The molecule has 0 amide bonds. The summed E-state index contributed by atoms with van der Waals surface area (Å²) in [6.07, 6.45) is 10.5. The van der Waals surface area contributed by atoms with E-state index >= 15 is 0 Å². The largest absolute Gasteiger partial charge is 0.311 e. The van der Waals surface area contributed by atoms with Crippen molar-refractivity contribution >= 4 is 57.0 Å². The predicted octanol–water partition coefficient (Wildman–Crippen LogP) is 14.5. The molecule has 0 aliphatic heterocycles. The van der Waals surface area contributed by atoms with Crippen molar-refractivity contribution in [3.05, 3.63) is 259 Å². The average Bonchev–Trinajstić information content (AvgIpc) is 3.38. The lowest BCUT2D eigenvalue weighted by atomic mass is 9.76. The van der Waals surface area contributed by atoms with Crippen molar-refractivity contribution < 1.29 is 0 Å². The summed E-state index contributed by atoms with van der Waals surface area (Å²) in [7, 11) is -2.69. The van der Waals surface area contributed by atoms with Gasteiger partial charge in [-0.2, -0.15) is 0 Å². The number of hydrogen-bond donors (Lipinski definition) is 0. The average molecular weight is 856 g/mol. The van der Waals surface area contributed by atoms with Crippen LogP contribution in [0.5, 0.6) is 0 Å². The molecular formula is C63H57NSi. The molecule has 2 aliphatic carbocycles. The first-order valence-corrected chi connectivity index (χ1v) is 25.7. The Kier molecular flexibility index (Phi) is 12.5. The Labute approximate surface area is 387 Å². The van der Waals surface area contributed by atoms with Gasteiger partial charge < -0.3 is 4.90 Å². The molecule has 1 saturated carbocycles. The van der Waals surface area contributed by atoms with Gasteiger partial charge in [-0.05, 0) is 159 Å². The quantitative estimate of drug-likeness (QED) is 0.0978. The second-order valence-electron chi connectivity index (χ2n) is 17.7. The molecule has 8 aromatic rings. The molecule has 65 heavy (non-hydrogen) atoms. The SMILES string of the molecule is C=C1CCCCC/C(c2ccccc2)=C2/CCCC/C2=C/1c1ccc(N(c2ccc(-c3ccccc3)cc2)c2ccc([Si](c3ccccc3)(c3ccccc3)c3ccccc3)cc2)cc1. The van der Waals surface area contributed by atoms with Crippen LogP contribution in [0.4, 0.5) is 17.1 Å². The van der Waals surface area contributed by atoms with Crippen molar-refractivity contribution in [2.45, 2.75) is 57.8 Å². The highest BCUT2D eigenvalue weighted by atomic mass is 28.3. The third-order valence-electron chi connectivity index (χ3n) is 13.8. The molecule has 0 atom stereocenters. The van der Waals surface area contributed by atoms with Crippen molar-refractivity contribution in [2.75, 3.05) is 4.90 Å². The van der Waals surface area contributed by atoms with Crippen LogP contribution in [0.25, 0.3) is 22.3 Å². The second-order valence-corrected chi connectivity index (χ2v) is 21.5. The molecule has 0 bridgehead atoms. The van der Waals surface area contributed by atoms with Gasteiger partial charge >= 0.3 is 0 Å². The van der Waals surface area contributed by atoms with E-state index < -0.39 is 8.07 Å². The molecule has 0 N–H and O–H groups in total. The summed E-state index contributed by atoms with van der Waals surface area (Å²) in [6, 6.07) is 83.5. The maximum atomic E-state index is 4.83. The summed E-state index contributed by atoms with van der Waals surface area (Å²) in [4.78, 5) is 2.43. The van der Waals surface area contributed by atoms with Crippen molar-refractivity contribution in [2.24, 2.45) is 0 Å². The molecule has 1 nitrogen and oxygen atoms in total. The number of allylic oxidation sites excluding steroid dienone is 5. The Morgan fingerprint density at radius 1 is 0.292 bits per heavy atom. The minimum absolute atomic E-state index is 1.04. The number of rotatable bonds is 10. The summed E-state index contributed by atoms with van der Waals surface area (Å²) in [5.74, 6) is 0. The first-order chi connectivity index (χ1) is 32.2. The van der Waals surface area contributed by atoms with E-state index in [0.29, 0.717) is 0 Å². The molecule has 10 rings (SSSR count). The molecule has 0 unspecified atom stereocenters. The van der Waals surface area contributed by atoms with Gasteiger partial charge in [0.25, 0.3) is 0 Å². The van der Waals surface area contributed by atoms with Crippen LogP contribution in [0.3, 0.4) is 0 Å². The molecule has 0 aromatic heterocycles. The lowest BCUT2D eigenvalue weighted by molar-refractivity contribution is 0.662. The van der Waals surface area contributed by atoms with Crippen molar-refractivity contribution in [3.8, 4) is 11.1 Å². The molecular weight excluding hydrogens is 799 g/mol. The van der Waals surface area contributed by atoms with Gasteiger partial charge in [0.1, 0.15) is 0 Å². The van der Waals surface area contributed by atoms with Gasteiger partial charge in [0.05, 0.1) is 0 Å². The van der Waals surface area contributed by atoms with Gasteiger partial charge in [-0.15, -0.1) is 0 Å². The molecule has 8 aromatic carbocycles. The number of nitrogens with zero attached hydrogens (tertiary/aromatic N) is 1. The van der Waals surface area contributed by atoms with Gasteiger partial charge in [0, 0.05) is 17.1 Å². The number of benzene rings is 8. The third kappa shape index (κ3) is 8.55. The standard InChI is InChI=1S/C63H57NSi/c1-48-22-8-2-19-33-60(51-25-11-4-12-26-51)61-34-20-21-35-62(61)63(48)52-38-42-54(43-39-52)64(53-40-36-50(37-41-53)49-23-9-3-10-24-49)55-44-46-59(47-45-55)65(56-27-13-5-14-28-56,57-29-15-6-16-30-57)58-31-17-7-18-32-58/h3-7,9-18,23-32,36-47H,1-2,8,19-22,33-35H2/b61-60+,63-62+. The zero-order valence-electron chi connectivity index (χ0n) is 37.4. The predicted molar refractivity (Wildman–Crippen MR) is 281 cm³/mol. The molecule has 0 spiro atoms. The fourth-order valence-electron chi connectivity index (χ4n) is 10.7. The van der Waals surface area contributed by atoms with E-state index in [-0.39, 0.29) is 0 Å². The summed E-state index contributed by atoms with van der Waals surface area (Å²) in [5.41, 5.74) is 15.8. The van der Waals surface area contributed by atoms with Gasteiger partial charge in [-0.1, -0.05) is 201 Å². The molecule has 0 saturated heterocycles. The van der Waals surface area contributed by atoms with Crippen LogP contribution < -0.4 is 25.6 Å². The number of anilines is 3.